The van der Waals surface area contributed by atoms with Crippen LogP contribution in [0.2, 0.25) is 0 Å². The summed E-state index contributed by atoms with van der Waals surface area (Å²) >= 11 is 0. The summed E-state index contributed by atoms with van der Waals surface area (Å²) in [5, 5.41) is 0. The molecule has 0 aromatic heterocycles. The predicted octanol–water partition coefficient (Wildman–Crippen LogP) is 2.10. The van der Waals surface area contributed by atoms with E-state index in [2.05, 4.69) is 18.7 Å². The maximum atomic E-state index is 5.84. The molecule has 0 radical (unpaired) electrons. The third-order valence-corrected chi connectivity index (χ3v) is 3.63. The van der Waals surface area contributed by atoms with E-state index in [1.54, 1.807) is 0 Å². The fourth-order valence-electron chi connectivity index (χ4n) is 2.45. The highest BCUT2D eigenvalue weighted by molar-refractivity contribution is 4.80. The van der Waals surface area contributed by atoms with Crippen molar-refractivity contribution in [3.8, 4) is 0 Å². The van der Waals surface area contributed by atoms with E-state index in [4.69, 9.17) is 4.74 Å². The predicted molar refractivity (Wildman–Crippen MR) is 53.5 cm³/mol. The van der Waals surface area contributed by atoms with Gasteiger partial charge in [0.2, 0.25) is 0 Å². The molecule has 2 aliphatic heterocycles. The molecule has 0 amide bonds. The molecular formula is C11H21NO. The van der Waals surface area contributed by atoms with E-state index in [0.717, 1.165) is 18.4 Å². The minimum Gasteiger partial charge on any atom is -0.363 e. The van der Waals surface area contributed by atoms with Crippen LogP contribution in [0.1, 0.15) is 33.1 Å². The fraction of sp³-hybridized carbons (Fsp3) is 1.00. The van der Waals surface area contributed by atoms with E-state index in [-0.39, 0.29) is 0 Å². The van der Waals surface area contributed by atoms with Crippen LogP contribution in [0, 0.1) is 11.8 Å². The summed E-state index contributed by atoms with van der Waals surface area (Å²) in [5.41, 5.74) is 0. The summed E-state index contributed by atoms with van der Waals surface area (Å²) in [6.45, 7) is 8.09. The van der Waals surface area contributed by atoms with E-state index >= 15 is 0 Å². The monoisotopic (exact) mass is 183 g/mol. The third kappa shape index (κ3) is 1.89. The zero-order valence-electron chi connectivity index (χ0n) is 8.83. The second kappa shape index (κ2) is 3.97. The zero-order chi connectivity index (χ0) is 9.26. The van der Waals surface area contributed by atoms with Crippen molar-refractivity contribution in [3.63, 3.8) is 0 Å². The number of rotatable bonds is 1. The van der Waals surface area contributed by atoms with Crippen molar-refractivity contribution >= 4 is 0 Å². The van der Waals surface area contributed by atoms with Crippen molar-refractivity contribution < 1.29 is 4.74 Å². The van der Waals surface area contributed by atoms with Crippen LogP contribution in [0.15, 0.2) is 0 Å². The van der Waals surface area contributed by atoms with Crippen LogP contribution in [-0.4, -0.2) is 30.8 Å². The molecule has 2 nitrogen and oxygen atoms in total. The molecule has 0 bridgehead atoms. The molecular weight excluding hydrogens is 162 g/mol. The van der Waals surface area contributed by atoms with Gasteiger partial charge in [-0.3, -0.25) is 4.90 Å². The molecule has 0 aromatic carbocycles. The fourth-order valence-corrected chi connectivity index (χ4v) is 2.45. The van der Waals surface area contributed by atoms with Crippen molar-refractivity contribution in [1.82, 2.24) is 4.90 Å². The second-order valence-corrected chi connectivity index (χ2v) is 4.66. The van der Waals surface area contributed by atoms with E-state index in [9.17, 15) is 0 Å². The van der Waals surface area contributed by atoms with Crippen molar-refractivity contribution in [2.45, 2.75) is 39.3 Å². The molecule has 3 atom stereocenters. The molecule has 13 heavy (non-hydrogen) atoms. The first kappa shape index (κ1) is 9.47. The third-order valence-electron chi connectivity index (χ3n) is 3.63. The first-order chi connectivity index (χ1) is 6.29. The number of hydrogen-bond donors (Lipinski definition) is 0. The van der Waals surface area contributed by atoms with Crippen LogP contribution < -0.4 is 0 Å². The van der Waals surface area contributed by atoms with Crippen LogP contribution in [0.3, 0.4) is 0 Å². The minimum atomic E-state index is 0.426. The van der Waals surface area contributed by atoms with Crippen molar-refractivity contribution in [3.05, 3.63) is 0 Å². The van der Waals surface area contributed by atoms with E-state index in [1.165, 1.54) is 32.4 Å². The van der Waals surface area contributed by atoms with Gasteiger partial charge in [-0.15, -0.1) is 0 Å². The summed E-state index contributed by atoms with van der Waals surface area (Å²) in [4.78, 5) is 2.54. The molecule has 2 saturated heterocycles. The normalized spacial score (nSPS) is 42.5. The lowest BCUT2D eigenvalue weighted by Gasteiger charge is -2.34. The lowest BCUT2D eigenvalue weighted by molar-refractivity contribution is -0.0462. The highest BCUT2D eigenvalue weighted by atomic mass is 16.5. The molecule has 2 heterocycles. The Morgan fingerprint density at radius 2 is 1.77 bits per heavy atom. The quantitative estimate of drug-likeness (QED) is 0.617. The molecule has 76 valence electrons. The van der Waals surface area contributed by atoms with Gasteiger partial charge in [-0.05, 0) is 18.8 Å². The van der Waals surface area contributed by atoms with Crippen LogP contribution in [0.4, 0.5) is 0 Å². The molecule has 2 rings (SSSR count). The lowest BCUT2D eigenvalue weighted by Crippen LogP contribution is -2.42. The first-order valence-corrected chi connectivity index (χ1v) is 5.64. The average Bonchev–Trinajstić information content (AvgIpc) is 2.49. The summed E-state index contributed by atoms with van der Waals surface area (Å²) in [6.07, 6.45) is 4.56. The highest BCUT2D eigenvalue weighted by Gasteiger charge is 2.35. The average molecular weight is 183 g/mol. The minimum absolute atomic E-state index is 0.426. The van der Waals surface area contributed by atoms with Gasteiger partial charge >= 0.3 is 0 Å². The standard InChI is InChI=1S/C11H21NO/c1-9-8-13-11(10(9)2)12-6-4-3-5-7-12/h9-11H,3-8H2,1-2H3. The Balaban J connectivity index is 1.92. The van der Waals surface area contributed by atoms with Crippen molar-refractivity contribution in [2.24, 2.45) is 11.8 Å². The highest BCUT2D eigenvalue weighted by Crippen LogP contribution is 2.30. The number of nitrogens with zero attached hydrogens (tertiary/aromatic N) is 1. The molecule has 0 spiro atoms. The van der Waals surface area contributed by atoms with Gasteiger partial charge in [-0.2, -0.15) is 0 Å². The number of ether oxygens (including phenoxy) is 1. The topological polar surface area (TPSA) is 12.5 Å². The van der Waals surface area contributed by atoms with Gasteiger partial charge in [0.25, 0.3) is 0 Å². The summed E-state index contributed by atoms with van der Waals surface area (Å²) < 4.78 is 5.84. The first-order valence-electron chi connectivity index (χ1n) is 5.64. The van der Waals surface area contributed by atoms with Gasteiger partial charge in [0.05, 0.1) is 6.61 Å². The van der Waals surface area contributed by atoms with E-state index < -0.39 is 0 Å². The molecule has 0 N–H and O–H groups in total. The Bertz CT molecular complexity index is 165. The van der Waals surface area contributed by atoms with Gasteiger partial charge in [0.15, 0.2) is 0 Å². The van der Waals surface area contributed by atoms with Crippen molar-refractivity contribution in [1.29, 1.82) is 0 Å². The molecule has 0 aliphatic carbocycles. The Hall–Kier alpha value is -0.0800. The summed E-state index contributed by atoms with van der Waals surface area (Å²) in [5.74, 6) is 1.46. The SMILES string of the molecule is CC1COC(N2CCCCC2)C1C. The van der Waals surface area contributed by atoms with Gasteiger partial charge in [-0.25, -0.2) is 0 Å². The largest absolute Gasteiger partial charge is 0.363 e. The molecule has 2 aliphatic rings. The van der Waals surface area contributed by atoms with Crippen molar-refractivity contribution in [2.75, 3.05) is 19.7 Å². The molecule has 2 fully saturated rings. The van der Waals surface area contributed by atoms with Gasteiger partial charge < -0.3 is 4.74 Å². The molecule has 2 heteroatoms. The number of hydrogen-bond acceptors (Lipinski definition) is 2. The lowest BCUT2D eigenvalue weighted by atomic mass is 9.96. The smallest absolute Gasteiger partial charge is 0.113 e. The molecule has 0 saturated carbocycles. The molecule has 0 aromatic rings. The number of likely N-dealkylation sites (tertiary alicyclic amines) is 1. The Morgan fingerprint density at radius 1 is 1.08 bits per heavy atom. The second-order valence-electron chi connectivity index (χ2n) is 4.66. The Labute approximate surface area is 81.3 Å². The van der Waals surface area contributed by atoms with Gasteiger partial charge in [-0.1, -0.05) is 20.3 Å². The zero-order valence-corrected chi connectivity index (χ0v) is 8.83. The maximum absolute atomic E-state index is 5.84. The van der Waals surface area contributed by atoms with Crippen LogP contribution in [-0.2, 0) is 4.74 Å². The van der Waals surface area contributed by atoms with Crippen LogP contribution in [0.25, 0.3) is 0 Å². The van der Waals surface area contributed by atoms with E-state index in [1.807, 2.05) is 0 Å². The van der Waals surface area contributed by atoms with Crippen LogP contribution in [0.5, 0.6) is 0 Å². The number of piperidine rings is 1. The Morgan fingerprint density at radius 3 is 2.31 bits per heavy atom. The molecule has 3 unspecified atom stereocenters. The van der Waals surface area contributed by atoms with Crippen LogP contribution >= 0.6 is 0 Å². The summed E-state index contributed by atoms with van der Waals surface area (Å²) in [6, 6.07) is 0. The Kier molecular flexibility index (Phi) is 2.89. The maximum Gasteiger partial charge on any atom is 0.113 e. The summed E-state index contributed by atoms with van der Waals surface area (Å²) in [7, 11) is 0. The van der Waals surface area contributed by atoms with E-state index in [0.29, 0.717) is 6.23 Å². The van der Waals surface area contributed by atoms with Gasteiger partial charge in [0, 0.05) is 19.0 Å². The van der Waals surface area contributed by atoms with Gasteiger partial charge in [0.1, 0.15) is 6.23 Å².